The zero-order valence-electron chi connectivity index (χ0n) is 15.6. The number of piperidine rings is 1. The first-order valence-corrected chi connectivity index (χ1v) is 12.1. The molecule has 7 heteroatoms. The molecular weight excluding hydrogens is 392 g/mol. The third-order valence-corrected chi connectivity index (χ3v) is 8.52. The summed E-state index contributed by atoms with van der Waals surface area (Å²) in [6, 6.07) is 16.8. The van der Waals surface area contributed by atoms with Crippen LogP contribution in [0.5, 0.6) is 0 Å². The Morgan fingerprint density at radius 2 is 1.64 bits per heavy atom. The van der Waals surface area contributed by atoms with Crippen molar-refractivity contribution >= 4 is 27.7 Å². The Kier molecular flexibility index (Phi) is 5.75. The summed E-state index contributed by atoms with van der Waals surface area (Å²) in [4.78, 5) is 14.4. The summed E-state index contributed by atoms with van der Waals surface area (Å²) >= 11 is 1.83. The summed E-state index contributed by atoms with van der Waals surface area (Å²) in [5.41, 5.74) is 1.19. The number of amides is 1. The maximum atomic E-state index is 12.8. The molecule has 2 aromatic carbocycles. The summed E-state index contributed by atoms with van der Waals surface area (Å²) in [6.07, 6.45) is 2.04. The van der Waals surface area contributed by atoms with Crippen molar-refractivity contribution < 1.29 is 13.2 Å². The highest BCUT2D eigenvalue weighted by Crippen LogP contribution is 2.36. The van der Waals surface area contributed by atoms with Crippen LogP contribution in [0.1, 0.15) is 30.9 Å². The number of nitrogens with one attached hydrogen (secondary N) is 1. The summed E-state index contributed by atoms with van der Waals surface area (Å²) < 4.78 is 27.0. The molecule has 2 heterocycles. The molecular formula is C21H24N2O3S2. The predicted octanol–water partition coefficient (Wildman–Crippen LogP) is 3.44. The quantitative estimate of drug-likeness (QED) is 0.829. The van der Waals surface area contributed by atoms with Crippen molar-refractivity contribution in [1.82, 2.24) is 9.62 Å². The molecule has 0 aromatic heterocycles. The normalized spacial score (nSPS) is 21.1. The molecule has 28 heavy (non-hydrogen) atoms. The molecule has 1 amide bonds. The van der Waals surface area contributed by atoms with E-state index in [9.17, 15) is 13.2 Å². The van der Waals surface area contributed by atoms with Crippen molar-refractivity contribution in [1.29, 1.82) is 0 Å². The first-order valence-electron chi connectivity index (χ1n) is 9.63. The molecule has 0 spiro atoms. The van der Waals surface area contributed by atoms with Gasteiger partial charge in [0.25, 0.3) is 0 Å². The van der Waals surface area contributed by atoms with Crippen molar-refractivity contribution in [3.05, 3.63) is 60.2 Å². The Balaban J connectivity index is 1.37. The lowest BCUT2D eigenvalue weighted by Gasteiger charge is -2.32. The highest BCUT2D eigenvalue weighted by molar-refractivity contribution is 7.99. The van der Waals surface area contributed by atoms with Crippen LogP contribution in [0, 0.1) is 5.92 Å². The lowest BCUT2D eigenvalue weighted by atomic mass is 9.95. The molecule has 0 aliphatic carbocycles. The van der Waals surface area contributed by atoms with Crippen LogP contribution >= 0.6 is 11.8 Å². The molecule has 1 N–H and O–H groups in total. The van der Waals surface area contributed by atoms with Crippen molar-refractivity contribution in [3.8, 4) is 0 Å². The fourth-order valence-electron chi connectivity index (χ4n) is 3.88. The van der Waals surface area contributed by atoms with Gasteiger partial charge in [0.2, 0.25) is 15.9 Å². The zero-order chi connectivity index (χ0) is 19.6. The Hall–Kier alpha value is -1.83. The van der Waals surface area contributed by atoms with E-state index in [1.54, 1.807) is 30.3 Å². The van der Waals surface area contributed by atoms with Crippen molar-refractivity contribution in [2.75, 3.05) is 18.8 Å². The predicted molar refractivity (Wildman–Crippen MR) is 111 cm³/mol. The van der Waals surface area contributed by atoms with Crippen LogP contribution in [0.2, 0.25) is 0 Å². The standard InChI is InChI=1S/C21H24N2O3S2/c24-21(22-19-12-15-27-20-9-5-4-8-18(19)20)16-10-13-23(14-11-16)28(25,26)17-6-2-1-3-7-17/h1-9,16,19H,10-15H2,(H,22,24)/t19-/m1/s1. The van der Waals surface area contributed by atoms with Gasteiger partial charge < -0.3 is 5.32 Å². The van der Waals surface area contributed by atoms with Gasteiger partial charge >= 0.3 is 0 Å². The van der Waals surface area contributed by atoms with Gasteiger partial charge in [-0.2, -0.15) is 4.31 Å². The Bertz CT molecular complexity index is 939. The van der Waals surface area contributed by atoms with Crippen LogP contribution in [-0.2, 0) is 14.8 Å². The number of fused-ring (bicyclic) bond motifs is 1. The first kappa shape index (κ1) is 19.5. The van der Waals surface area contributed by atoms with Crippen LogP contribution in [0.3, 0.4) is 0 Å². The van der Waals surface area contributed by atoms with Crippen LogP contribution < -0.4 is 5.32 Å². The van der Waals surface area contributed by atoms with Crippen LogP contribution in [0.4, 0.5) is 0 Å². The second-order valence-corrected chi connectivity index (χ2v) is 10.3. The fourth-order valence-corrected chi connectivity index (χ4v) is 6.50. The van der Waals surface area contributed by atoms with E-state index < -0.39 is 10.0 Å². The minimum Gasteiger partial charge on any atom is -0.349 e. The second kappa shape index (κ2) is 8.27. The third kappa shape index (κ3) is 3.97. The zero-order valence-corrected chi connectivity index (χ0v) is 17.2. The maximum absolute atomic E-state index is 12.8. The van der Waals surface area contributed by atoms with Crippen molar-refractivity contribution in [2.45, 2.75) is 35.1 Å². The maximum Gasteiger partial charge on any atom is 0.243 e. The molecule has 1 atom stereocenters. The molecule has 5 nitrogen and oxygen atoms in total. The minimum absolute atomic E-state index is 0.0449. The molecule has 1 saturated heterocycles. The number of benzene rings is 2. The van der Waals surface area contributed by atoms with Gasteiger partial charge in [0.15, 0.2) is 0 Å². The highest BCUT2D eigenvalue weighted by Gasteiger charge is 2.33. The van der Waals surface area contributed by atoms with Crippen LogP contribution in [-0.4, -0.2) is 37.5 Å². The van der Waals surface area contributed by atoms with Gasteiger partial charge in [0.1, 0.15) is 0 Å². The first-order chi connectivity index (χ1) is 13.6. The number of sulfonamides is 1. The smallest absolute Gasteiger partial charge is 0.243 e. The van der Waals surface area contributed by atoms with E-state index in [2.05, 4.69) is 17.4 Å². The highest BCUT2D eigenvalue weighted by atomic mass is 32.2. The molecule has 4 rings (SSSR count). The minimum atomic E-state index is -3.48. The van der Waals surface area contributed by atoms with E-state index in [0.717, 1.165) is 12.2 Å². The second-order valence-electron chi connectivity index (χ2n) is 7.23. The average Bonchev–Trinajstić information content (AvgIpc) is 2.75. The number of hydrogen-bond donors (Lipinski definition) is 1. The Morgan fingerprint density at radius 3 is 2.39 bits per heavy atom. The third-order valence-electron chi connectivity index (χ3n) is 5.48. The summed E-state index contributed by atoms with van der Waals surface area (Å²) in [6.45, 7) is 0.763. The molecule has 0 unspecified atom stereocenters. The van der Waals surface area contributed by atoms with Gasteiger partial charge in [0.05, 0.1) is 10.9 Å². The lowest BCUT2D eigenvalue weighted by Crippen LogP contribution is -2.44. The van der Waals surface area contributed by atoms with Gasteiger partial charge in [0, 0.05) is 29.7 Å². The molecule has 0 radical (unpaired) electrons. The summed E-state index contributed by atoms with van der Waals surface area (Å²) in [7, 11) is -3.48. The van der Waals surface area contributed by atoms with E-state index in [0.29, 0.717) is 30.8 Å². The monoisotopic (exact) mass is 416 g/mol. The molecule has 2 aliphatic rings. The number of rotatable bonds is 4. The molecule has 2 aromatic rings. The van der Waals surface area contributed by atoms with Crippen molar-refractivity contribution in [2.24, 2.45) is 5.92 Å². The largest absolute Gasteiger partial charge is 0.349 e. The van der Waals surface area contributed by atoms with E-state index >= 15 is 0 Å². The van der Waals surface area contributed by atoms with Gasteiger partial charge in [-0.1, -0.05) is 36.4 Å². The summed E-state index contributed by atoms with van der Waals surface area (Å²) in [5.74, 6) is 0.905. The van der Waals surface area contributed by atoms with Crippen LogP contribution in [0.15, 0.2) is 64.4 Å². The van der Waals surface area contributed by atoms with E-state index in [4.69, 9.17) is 0 Å². The number of thioether (sulfide) groups is 1. The average molecular weight is 417 g/mol. The topological polar surface area (TPSA) is 66.5 Å². The number of carbonyl (C=O) groups is 1. The number of carbonyl (C=O) groups excluding carboxylic acids is 1. The van der Waals surface area contributed by atoms with Gasteiger partial charge in [-0.15, -0.1) is 11.8 Å². The van der Waals surface area contributed by atoms with E-state index in [-0.39, 0.29) is 17.9 Å². The van der Waals surface area contributed by atoms with Gasteiger partial charge in [-0.05, 0) is 43.0 Å². The Morgan fingerprint density at radius 1 is 0.964 bits per heavy atom. The van der Waals surface area contributed by atoms with Crippen LogP contribution in [0.25, 0.3) is 0 Å². The fraction of sp³-hybridized carbons (Fsp3) is 0.381. The summed E-state index contributed by atoms with van der Waals surface area (Å²) in [5, 5.41) is 3.21. The van der Waals surface area contributed by atoms with Gasteiger partial charge in [-0.25, -0.2) is 8.42 Å². The SMILES string of the molecule is O=C(N[C@@H]1CCSc2ccccc21)C1CCN(S(=O)(=O)c2ccccc2)CC1. The molecule has 1 fully saturated rings. The van der Waals surface area contributed by atoms with E-state index in [1.807, 2.05) is 23.9 Å². The molecule has 2 aliphatic heterocycles. The van der Waals surface area contributed by atoms with E-state index in [1.165, 1.54) is 14.8 Å². The van der Waals surface area contributed by atoms with Gasteiger partial charge in [-0.3, -0.25) is 4.79 Å². The molecule has 148 valence electrons. The Labute approximate surface area is 170 Å². The molecule has 0 bridgehead atoms. The molecule has 0 saturated carbocycles. The number of nitrogens with zero attached hydrogens (tertiary/aromatic N) is 1. The van der Waals surface area contributed by atoms with Crippen molar-refractivity contribution in [3.63, 3.8) is 0 Å². The number of hydrogen-bond acceptors (Lipinski definition) is 4. The lowest BCUT2D eigenvalue weighted by molar-refractivity contribution is -0.126.